The Labute approximate surface area is 175 Å². The van der Waals surface area contributed by atoms with Crippen molar-refractivity contribution in [1.29, 1.82) is 0 Å². The molecule has 0 aliphatic heterocycles. The molecule has 30 heavy (non-hydrogen) atoms. The van der Waals surface area contributed by atoms with E-state index in [4.69, 9.17) is 14.5 Å². The predicted molar refractivity (Wildman–Crippen MR) is 120 cm³/mol. The van der Waals surface area contributed by atoms with E-state index in [1.54, 1.807) is 20.4 Å². The number of aryl methyl sites for hydroxylation is 1. The largest absolute Gasteiger partial charge is 0.493 e. The van der Waals surface area contributed by atoms with Crippen LogP contribution in [-0.2, 0) is 0 Å². The van der Waals surface area contributed by atoms with Crippen LogP contribution in [0.2, 0.25) is 0 Å². The second kappa shape index (κ2) is 8.61. The predicted octanol–water partition coefficient (Wildman–Crippen LogP) is 5.07. The molecule has 0 fully saturated rings. The van der Waals surface area contributed by atoms with E-state index in [1.807, 2.05) is 60.7 Å². The molecule has 1 N–H and O–H groups in total. The van der Waals surface area contributed by atoms with Crippen LogP contribution in [0, 0.1) is 6.92 Å². The lowest BCUT2D eigenvalue weighted by Gasteiger charge is -2.09. The van der Waals surface area contributed by atoms with Crippen LogP contribution < -0.4 is 14.9 Å². The summed E-state index contributed by atoms with van der Waals surface area (Å²) in [5.41, 5.74) is 7.73. The molecule has 4 rings (SSSR count). The summed E-state index contributed by atoms with van der Waals surface area (Å²) in [6.07, 6.45) is 1.69. The quantitative estimate of drug-likeness (QED) is 0.363. The van der Waals surface area contributed by atoms with Crippen LogP contribution in [0.1, 0.15) is 11.1 Å². The number of nitrogens with one attached hydrogen (secondary N) is 1. The van der Waals surface area contributed by atoms with Crippen molar-refractivity contribution in [3.63, 3.8) is 0 Å². The molecule has 0 saturated heterocycles. The topological polar surface area (TPSA) is 68.6 Å². The average molecular weight is 398 g/mol. The van der Waals surface area contributed by atoms with E-state index in [0.717, 1.165) is 33.3 Å². The molecule has 3 aromatic carbocycles. The number of nitrogens with zero attached hydrogens (tertiary/aromatic N) is 3. The van der Waals surface area contributed by atoms with Gasteiger partial charge in [-0.2, -0.15) is 5.10 Å². The van der Waals surface area contributed by atoms with Crippen molar-refractivity contribution in [2.75, 3.05) is 19.6 Å². The molecular formula is C24H22N4O2. The summed E-state index contributed by atoms with van der Waals surface area (Å²) in [6, 6.07) is 21.8. The zero-order valence-electron chi connectivity index (χ0n) is 17.1. The molecule has 4 aromatic rings. The Bertz CT molecular complexity index is 1210. The van der Waals surface area contributed by atoms with E-state index in [1.165, 1.54) is 0 Å². The first-order valence-corrected chi connectivity index (χ1v) is 9.53. The lowest BCUT2D eigenvalue weighted by Crippen LogP contribution is -2.00. The van der Waals surface area contributed by atoms with Crippen molar-refractivity contribution in [2.45, 2.75) is 6.92 Å². The van der Waals surface area contributed by atoms with Crippen molar-refractivity contribution in [1.82, 2.24) is 9.97 Å². The van der Waals surface area contributed by atoms with Crippen LogP contribution in [0.25, 0.3) is 22.2 Å². The normalized spacial score (nSPS) is 11.0. The highest BCUT2D eigenvalue weighted by molar-refractivity contribution is 5.93. The Morgan fingerprint density at radius 1 is 0.867 bits per heavy atom. The van der Waals surface area contributed by atoms with Crippen LogP contribution >= 0.6 is 0 Å². The summed E-state index contributed by atoms with van der Waals surface area (Å²) in [6.45, 7) is 2.06. The molecule has 1 heterocycles. The van der Waals surface area contributed by atoms with Gasteiger partial charge in [0.05, 0.1) is 31.6 Å². The van der Waals surface area contributed by atoms with E-state index >= 15 is 0 Å². The number of rotatable bonds is 6. The fourth-order valence-corrected chi connectivity index (χ4v) is 3.21. The molecule has 0 aliphatic rings. The SMILES string of the molecule is COc1ccc(/C=N\Nc2nc(-c3ccccc3)c3cc(C)ccc3n2)cc1OC. The maximum absolute atomic E-state index is 5.33. The van der Waals surface area contributed by atoms with Crippen LogP contribution in [0.4, 0.5) is 5.95 Å². The molecule has 6 heteroatoms. The molecule has 0 bridgehead atoms. The fourth-order valence-electron chi connectivity index (χ4n) is 3.21. The Morgan fingerprint density at radius 3 is 2.43 bits per heavy atom. The standard InChI is InChI=1S/C24H22N4O2/c1-16-9-11-20-19(13-16)23(18-7-5-4-6-8-18)27-24(26-20)28-25-15-17-10-12-21(29-2)22(14-17)30-3/h4-15H,1-3H3,(H,26,27,28)/b25-15-. The number of fused-ring (bicyclic) bond motifs is 1. The smallest absolute Gasteiger partial charge is 0.244 e. The van der Waals surface area contributed by atoms with Gasteiger partial charge in [0.2, 0.25) is 5.95 Å². The van der Waals surface area contributed by atoms with Gasteiger partial charge in [0, 0.05) is 10.9 Å². The van der Waals surface area contributed by atoms with Gasteiger partial charge in [0.15, 0.2) is 11.5 Å². The minimum Gasteiger partial charge on any atom is -0.493 e. The summed E-state index contributed by atoms with van der Waals surface area (Å²) >= 11 is 0. The Balaban J connectivity index is 1.67. The third-order valence-electron chi connectivity index (χ3n) is 4.68. The van der Waals surface area contributed by atoms with E-state index < -0.39 is 0 Å². The second-order valence-electron chi connectivity index (χ2n) is 6.77. The third-order valence-corrected chi connectivity index (χ3v) is 4.68. The number of hydrogen-bond acceptors (Lipinski definition) is 6. The first kappa shape index (κ1) is 19.4. The van der Waals surface area contributed by atoms with E-state index in [2.05, 4.69) is 28.5 Å². The number of hydrogen-bond donors (Lipinski definition) is 1. The third kappa shape index (κ3) is 4.07. The first-order chi connectivity index (χ1) is 14.7. The molecule has 0 unspecified atom stereocenters. The molecule has 0 amide bonds. The number of benzene rings is 3. The van der Waals surface area contributed by atoms with Crippen LogP contribution in [0.15, 0.2) is 71.8 Å². The van der Waals surface area contributed by atoms with Gasteiger partial charge < -0.3 is 9.47 Å². The van der Waals surface area contributed by atoms with Gasteiger partial charge in [-0.15, -0.1) is 0 Å². The number of anilines is 1. The van der Waals surface area contributed by atoms with Gasteiger partial charge in [-0.3, -0.25) is 0 Å². The van der Waals surface area contributed by atoms with E-state index in [0.29, 0.717) is 17.4 Å². The van der Waals surface area contributed by atoms with Crippen molar-refractivity contribution in [3.05, 3.63) is 77.9 Å². The minimum atomic E-state index is 0.432. The molecular weight excluding hydrogens is 376 g/mol. The molecule has 0 spiro atoms. The number of methoxy groups -OCH3 is 2. The first-order valence-electron chi connectivity index (χ1n) is 9.53. The molecule has 0 radical (unpaired) electrons. The summed E-state index contributed by atoms with van der Waals surface area (Å²) < 4.78 is 10.6. The Morgan fingerprint density at radius 2 is 1.67 bits per heavy atom. The summed E-state index contributed by atoms with van der Waals surface area (Å²) in [5, 5.41) is 5.32. The van der Waals surface area contributed by atoms with E-state index in [9.17, 15) is 0 Å². The summed E-state index contributed by atoms with van der Waals surface area (Å²) in [7, 11) is 3.21. The lowest BCUT2D eigenvalue weighted by molar-refractivity contribution is 0.355. The van der Waals surface area contributed by atoms with Gasteiger partial charge >= 0.3 is 0 Å². The molecule has 0 aliphatic carbocycles. The highest BCUT2D eigenvalue weighted by atomic mass is 16.5. The van der Waals surface area contributed by atoms with Crippen molar-refractivity contribution < 1.29 is 9.47 Å². The lowest BCUT2D eigenvalue weighted by atomic mass is 10.0. The zero-order chi connectivity index (χ0) is 20.9. The van der Waals surface area contributed by atoms with Crippen molar-refractivity contribution >= 4 is 23.1 Å². The Kier molecular flexibility index (Phi) is 5.57. The van der Waals surface area contributed by atoms with Crippen LogP contribution in [0.5, 0.6) is 11.5 Å². The van der Waals surface area contributed by atoms with Crippen LogP contribution in [0.3, 0.4) is 0 Å². The summed E-state index contributed by atoms with van der Waals surface area (Å²) in [4.78, 5) is 9.34. The monoisotopic (exact) mass is 398 g/mol. The number of hydrazone groups is 1. The fraction of sp³-hybridized carbons (Fsp3) is 0.125. The van der Waals surface area contributed by atoms with Crippen LogP contribution in [-0.4, -0.2) is 30.4 Å². The molecule has 6 nitrogen and oxygen atoms in total. The summed E-state index contributed by atoms with van der Waals surface area (Å²) in [5.74, 6) is 1.75. The van der Waals surface area contributed by atoms with Crippen molar-refractivity contribution in [2.24, 2.45) is 5.10 Å². The zero-order valence-corrected chi connectivity index (χ0v) is 17.1. The van der Waals surface area contributed by atoms with Gasteiger partial charge in [0.1, 0.15) is 0 Å². The van der Waals surface area contributed by atoms with Gasteiger partial charge in [-0.1, -0.05) is 42.0 Å². The van der Waals surface area contributed by atoms with Crippen molar-refractivity contribution in [3.8, 4) is 22.8 Å². The molecule has 1 aromatic heterocycles. The second-order valence-corrected chi connectivity index (χ2v) is 6.77. The number of aromatic nitrogens is 2. The highest BCUT2D eigenvalue weighted by Gasteiger charge is 2.10. The molecule has 0 atom stereocenters. The van der Waals surface area contributed by atoms with Gasteiger partial charge in [-0.05, 0) is 42.8 Å². The van der Waals surface area contributed by atoms with Gasteiger partial charge in [-0.25, -0.2) is 15.4 Å². The molecule has 150 valence electrons. The highest BCUT2D eigenvalue weighted by Crippen LogP contribution is 2.28. The maximum atomic E-state index is 5.33. The average Bonchev–Trinajstić information content (AvgIpc) is 2.79. The van der Waals surface area contributed by atoms with Gasteiger partial charge in [0.25, 0.3) is 0 Å². The minimum absolute atomic E-state index is 0.432. The Hall–Kier alpha value is -3.93. The van der Waals surface area contributed by atoms with E-state index in [-0.39, 0.29) is 0 Å². The maximum Gasteiger partial charge on any atom is 0.244 e. The number of ether oxygens (including phenoxy) is 2. The molecule has 0 saturated carbocycles.